The summed E-state index contributed by atoms with van der Waals surface area (Å²) in [6, 6.07) is 11.4. The lowest BCUT2D eigenvalue weighted by Crippen LogP contribution is -2.43. The van der Waals surface area contributed by atoms with Gasteiger partial charge in [0.05, 0.1) is 35.0 Å². The minimum absolute atomic E-state index is 0.000735. The summed E-state index contributed by atoms with van der Waals surface area (Å²) in [7, 11) is 0. The highest BCUT2D eigenvalue weighted by Crippen LogP contribution is 2.59. The second kappa shape index (κ2) is 11.0. The average Bonchev–Trinajstić information content (AvgIpc) is 3.44. The third kappa shape index (κ3) is 4.50. The van der Waals surface area contributed by atoms with Crippen molar-refractivity contribution in [2.45, 2.75) is 18.8 Å². The Morgan fingerprint density at radius 1 is 0.646 bits per heavy atom. The molecular weight excluding hydrogens is 692 g/mol. The van der Waals surface area contributed by atoms with E-state index in [1.54, 1.807) is 18.2 Å². The third-order valence-electron chi connectivity index (χ3n) is 9.91. The van der Waals surface area contributed by atoms with Crippen LogP contribution in [0, 0.1) is 29.6 Å². The molecule has 3 fully saturated rings. The van der Waals surface area contributed by atoms with E-state index >= 15 is 0 Å². The second-order valence-corrected chi connectivity index (χ2v) is 13.2. The van der Waals surface area contributed by atoms with Gasteiger partial charge in [-0.1, -0.05) is 27.6 Å². The van der Waals surface area contributed by atoms with Crippen LogP contribution in [0.2, 0.25) is 0 Å². The molecule has 0 aromatic heterocycles. The van der Waals surface area contributed by atoms with Gasteiger partial charge in [0.2, 0.25) is 23.6 Å². The van der Waals surface area contributed by atoms with Gasteiger partial charge >= 0.3 is 11.9 Å². The van der Waals surface area contributed by atoms with Crippen LogP contribution < -0.4 is 9.80 Å². The molecule has 6 unspecified atom stereocenters. The van der Waals surface area contributed by atoms with Crippen molar-refractivity contribution < 1.29 is 54.3 Å². The molecule has 1 saturated carbocycles. The first-order valence-electron chi connectivity index (χ1n) is 14.9. The number of hydrogen-bond donors (Lipinski definition) is 5. The van der Waals surface area contributed by atoms with Crippen LogP contribution in [0.25, 0.3) is 0 Å². The number of aromatic carboxylic acids is 2. The number of phenols is 3. The highest BCUT2D eigenvalue weighted by atomic mass is 79.9. The molecule has 4 aliphatic rings. The average molecular weight is 717 g/mol. The Labute approximate surface area is 279 Å². The predicted molar refractivity (Wildman–Crippen MR) is 168 cm³/mol. The Hall–Kier alpha value is -5.50. The summed E-state index contributed by atoms with van der Waals surface area (Å²) in [5.41, 5.74) is 0.0372. The van der Waals surface area contributed by atoms with Crippen LogP contribution in [-0.4, -0.2) is 61.1 Å². The van der Waals surface area contributed by atoms with E-state index in [-0.39, 0.29) is 30.0 Å². The number of carbonyl (C=O) groups is 6. The van der Waals surface area contributed by atoms with Crippen molar-refractivity contribution in [1.29, 1.82) is 0 Å². The number of rotatable bonds is 5. The first-order chi connectivity index (χ1) is 22.8. The molecule has 4 amide bonds. The number of amides is 4. The lowest BCUT2D eigenvalue weighted by atomic mass is 9.57. The Morgan fingerprint density at radius 3 is 1.73 bits per heavy atom. The molecule has 5 N–H and O–H groups in total. The molecule has 2 aliphatic carbocycles. The first kappa shape index (κ1) is 31.1. The molecule has 6 atom stereocenters. The number of carboxylic acid groups (broad SMARTS) is 2. The van der Waals surface area contributed by atoms with E-state index in [0.717, 1.165) is 34.1 Å². The fourth-order valence-electron chi connectivity index (χ4n) is 7.90. The first-order valence-corrected chi connectivity index (χ1v) is 15.7. The molecule has 2 saturated heterocycles. The Bertz CT molecular complexity index is 2040. The van der Waals surface area contributed by atoms with Crippen molar-refractivity contribution in [3.63, 3.8) is 0 Å². The summed E-state index contributed by atoms with van der Waals surface area (Å²) in [5, 5.41) is 50.4. The number of phenolic OH excluding ortho intramolecular Hbond substituents is 1. The summed E-state index contributed by atoms with van der Waals surface area (Å²) >= 11 is 3.41. The number of carboxylic acids is 2. The highest BCUT2D eigenvalue weighted by molar-refractivity contribution is 9.10. The summed E-state index contributed by atoms with van der Waals surface area (Å²) < 4.78 is 0.578. The van der Waals surface area contributed by atoms with E-state index in [0.29, 0.717) is 15.6 Å². The van der Waals surface area contributed by atoms with Crippen LogP contribution in [0.15, 0.2) is 70.7 Å². The maximum Gasteiger partial charge on any atom is 0.339 e. The standard InChI is InChI=1S/C34H25BrN2O11/c35-13-1-8-23(38)21(9-13)26-16-6-7-19-27(31(43)36(29(19)41)14-2-4-17(33(45)46)24(39)10-14)20(16)12-22-28(26)32(44)37(30(22)42)15-3-5-18(34(47)48)25(40)11-15/h1-6,8-11,19-20,22,26-28,38-40H,7,12H2,(H,45,46)(H,47,48). The van der Waals surface area contributed by atoms with Gasteiger partial charge in [-0.3, -0.25) is 19.2 Å². The minimum Gasteiger partial charge on any atom is -0.508 e. The Balaban J connectivity index is 1.32. The largest absolute Gasteiger partial charge is 0.508 e. The van der Waals surface area contributed by atoms with Gasteiger partial charge in [-0.25, -0.2) is 19.4 Å². The van der Waals surface area contributed by atoms with E-state index in [2.05, 4.69) is 15.9 Å². The van der Waals surface area contributed by atoms with Crippen molar-refractivity contribution >= 4 is 62.9 Å². The number of aromatic hydroxyl groups is 3. The van der Waals surface area contributed by atoms with Gasteiger partial charge in [0.25, 0.3) is 0 Å². The van der Waals surface area contributed by atoms with Crippen molar-refractivity contribution in [2.24, 2.45) is 29.6 Å². The van der Waals surface area contributed by atoms with Crippen LogP contribution >= 0.6 is 15.9 Å². The fraction of sp³-hybridized carbons (Fsp3) is 0.235. The number of imide groups is 2. The van der Waals surface area contributed by atoms with Crippen LogP contribution in [0.1, 0.15) is 45.0 Å². The van der Waals surface area contributed by atoms with Crippen molar-refractivity contribution in [3.05, 3.63) is 87.4 Å². The lowest BCUT2D eigenvalue weighted by Gasteiger charge is -2.44. The van der Waals surface area contributed by atoms with E-state index in [1.807, 2.05) is 0 Å². The summed E-state index contributed by atoms with van der Waals surface area (Å²) in [5.74, 6) is -12.1. The molecule has 0 bridgehead atoms. The number of benzene rings is 3. The van der Waals surface area contributed by atoms with E-state index in [9.17, 15) is 54.3 Å². The zero-order valence-corrected chi connectivity index (χ0v) is 26.2. The third-order valence-corrected chi connectivity index (χ3v) is 10.4. The number of halogens is 1. The van der Waals surface area contributed by atoms with Gasteiger partial charge < -0.3 is 25.5 Å². The predicted octanol–water partition coefficient (Wildman–Crippen LogP) is 4.01. The van der Waals surface area contributed by atoms with Gasteiger partial charge in [-0.05, 0) is 61.2 Å². The molecule has 13 nitrogen and oxygen atoms in total. The zero-order chi connectivity index (χ0) is 34.3. The SMILES string of the molecule is O=C(O)c1ccc(N2C(=O)C3CC=C4C(CC5C(=O)N(c6ccc(C(=O)O)c(O)c6)C(=O)C5C4c4cc(Br)ccc4O)C3C2=O)cc1O. The number of hydrogen-bond acceptors (Lipinski definition) is 9. The van der Waals surface area contributed by atoms with Gasteiger partial charge in [0.15, 0.2) is 0 Å². The smallest absolute Gasteiger partial charge is 0.339 e. The summed E-state index contributed by atoms with van der Waals surface area (Å²) in [4.78, 5) is 80.9. The van der Waals surface area contributed by atoms with E-state index < -0.39 is 93.7 Å². The number of carbonyl (C=O) groups excluding carboxylic acids is 4. The van der Waals surface area contributed by atoms with E-state index in [1.165, 1.54) is 18.2 Å². The maximum absolute atomic E-state index is 14.2. The van der Waals surface area contributed by atoms with Gasteiger partial charge in [-0.15, -0.1) is 0 Å². The highest BCUT2D eigenvalue weighted by Gasteiger charge is 2.62. The summed E-state index contributed by atoms with van der Waals surface area (Å²) in [6.07, 6.45) is 1.88. The van der Waals surface area contributed by atoms with Crippen LogP contribution in [0.4, 0.5) is 11.4 Å². The molecule has 0 radical (unpaired) electrons. The van der Waals surface area contributed by atoms with Crippen LogP contribution in [0.3, 0.4) is 0 Å². The molecule has 244 valence electrons. The number of anilines is 2. The molecule has 2 heterocycles. The molecule has 3 aromatic carbocycles. The van der Waals surface area contributed by atoms with Crippen LogP contribution in [0.5, 0.6) is 17.2 Å². The van der Waals surface area contributed by atoms with Crippen LogP contribution in [-0.2, 0) is 19.2 Å². The van der Waals surface area contributed by atoms with Gasteiger partial charge in [-0.2, -0.15) is 0 Å². The molecular formula is C34H25BrN2O11. The van der Waals surface area contributed by atoms with E-state index in [4.69, 9.17) is 0 Å². The maximum atomic E-state index is 14.2. The number of fused-ring (bicyclic) bond motifs is 4. The Kier molecular flexibility index (Phi) is 7.16. The fourth-order valence-corrected chi connectivity index (χ4v) is 8.28. The normalized spacial score (nSPS) is 26.2. The lowest BCUT2D eigenvalue weighted by molar-refractivity contribution is -0.126. The molecule has 48 heavy (non-hydrogen) atoms. The quantitative estimate of drug-likeness (QED) is 0.188. The topological polar surface area (TPSA) is 210 Å². The summed E-state index contributed by atoms with van der Waals surface area (Å²) in [6.45, 7) is 0. The minimum atomic E-state index is -1.40. The molecule has 3 aromatic rings. The monoisotopic (exact) mass is 716 g/mol. The van der Waals surface area contributed by atoms with Crippen molar-refractivity contribution in [3.8, 4) is 17.2 Å². The number of nitrogens with zero attached hydrogens (tertiary/aromatic N) is 2. The number of allylic oxidation sites excluding steroid dienone is 2. The Morgan fingerprint density at radius 2 is 1.19 bits per heavy atom. The molecule has 0 spiro atoms. The van der Waals surface area contributed by atoms with Gasteiger partial charge in [0, 0.05) is 28.1 Å². The van der Waals surface area contributed by atoms with Gasteiger partial charge in [0.1, 0.15) is 28.4 Å². The zero-order valence-electron chi connectivity index (χ0n) is 24.6. The van der Waals surface area contributed by atoms with Crippen molar-refractivity contribution in [2.75, 3.05) is 9.80 Å². The second-order valence-electron chi connectivity index (χ2n) is 12.3. The molecule has 2 aliphatic heterocycles. The molecule has 7 rings (SSSR count). The molecule has 14 heteroatoms. The van der Waals surface area contributed by atoms with Crippen molar-refractivity contribution in [1.82, 2.24) is 0 Å².